The summed E-state index contributed by atoms with van der Waals surface area (Å²) >= 11 is 1.98. The van der Waals surface area contributed by atoms with Gasteiger partial charge in [-0.2, -0.15) is 0 Å². The summed E-state index contributed by atoms with van der Waals surface area (Å²) in [5.41, 5.74) is 4.42. The molecule has 0 bridgehead atoms. The van der Waals surface area contributed by atoms with Crippen molar-refractivity contribution in [3.63, 3.8) is 0 Å². The summed E-state index contributed by atoms with van der Waals surface area (Å²) in [5.74, 6) is 0.776. The molecule has 0 N–H and O–H groups in total. The van der Waals surface area contributed by atoms with E-state index in [9.17, 15) is 0 Å². The van der Waals surface area contributed by atoms with E-state index >= 15 is 0 Å². The van der Waals surface area contributed by atoms with Crippen molar-refractivity contribution in [2.75, 3.05) is 11.4 Å². The molecule has 1 aliphatic heterocycles. The molecule has 2 aromatic heterocycles. The first-order valence-corrected chi connectivity index (χ1v) is 8.90. The number of aromatic nitrogens is 1. The second-order valence-corrected chi connectivity index (χ2v) is 7.52. The van der Waals surface area contributed by atoms with Gasteiger partial charge in [0.05, 0.1) is 11.9 Å². The van der Waals surface area contributed by atoms with Crippen LogP contribution in [0.2, 0.25) is 0 Å². The first-order chi connectivity index (χ1) is 10.9. The fourth-order valence-corrected chi connectivity index (χ4v) is 4.84. The van der Waals surface area contributed by atoms with Crippen LogP contribution in [-0.2, 0) is 13.0 Å². The van der Waals surface area contributed by atoms with E-state index in [2.05, 4.69) is 46.4 Å². The molecule has 0 radical (unpaired) electrons. The van der Waals surface area contributed by atoms with Crippen LogP contribution in [0.3, 0.4) is 0 Å². The quantitative estimate of drug-likeness (QED) is 0.680. The maximum atomic E-state index is 4.40. The van der Waals surface area contributed by atoms with Crippen LogP contribution in [0.1, 0.15) is 34.8 Å². The molecule has 0 spiro atoms. The molecule has 1 aromatic carbocycles. The van der Waals surface area contributed by atoms with Gasteiger partial charge in [0.1, 0.15) is 0 Å². The van der Waals surface area contributed by atoms with Gasteiger partial charge in [-0.1, -0.05) is 18.2 Å². The third-order valence-corrected chi connectivity index (χ3v) is 6.20. The summed E-state index contributed by atoms with van der Waals surface area (Å²) in [5, 5.41) is 1.45. The summed E-state index contributed by atoms with van der Waals surface area (Å²) in [7, 11) is 0. The van der Waals surface area contributed by atoms with E-state index in [1.165, 1.54) is 39.7 Å². The molecular formula is C19H18N2S. The highest BCUT2D eigenvalue weighted by molar-refractivity contribution is 7.19. The monoisotopic (exact) mass is 306 g/mol. The summed E-state index contributed by atoms with van der Waals surface area (Å²) in [4.78, 5) is 8.52. The molecule has 110 valence electrons. The molecule has 22 heavy (non-hydrogen) atoms. The SMILES string of the molecule is c1ccc2c3c(sc2c1)CCN(c1cnccc1C1CC1)C3. The Morgan fingerprint density at radius 3 is 2.95 bits per heavy atom. The van der Waals surface area contributed by atoms with Gasteiger partial charge < -0.3 is 4.90 Å². The first kappa shape index (κ1) is 12.7. The van der Waals surface area contributed by atoms with Crippen molar-refractivity contribution in [2.45, 2.75) is 31.7 Å². The fourth-order valence-electron chi connectivity index (χ4n) is 3.64. The zero-order valence-electron chi connectivity index (χ0n) is 12.5. The molecule has 2 aliphatic rings. The number of benzene rings is 1. The van der Waals surface area contributed by atoms with Gasteiger partial charge in [0, 0.05) is 28.9 Å². The van der Waals surface area contributed by atoms with Crippen molar-refractivity contribution in [3.8, 4) is 0 Å². The predicted octanol–water partition coefficient (Wildman–Crippen LogP) is 4.74. The highest BCUT2D eigenvalue weighted by atomic mass is 32.1. The lowest BCUT2D eigenvalue weighted by Crippen LogP contribution is -2.30. The standard InChI is InChI=1S/C19H18N2S/c1-2-4-18-15(3-1)16-12-21(10-8-19(16)22-18)17-11-20-9-7-14(17)13-5-6-13/h1-4,7,9,11,13H,5-6,8,10,12H2. The third kappa shape index (κ3) is 1.96. The van der Waals surface area contributed by atoms with Gasteiger partial charge in [0.2, 0.25) is 0 Å². The van der Waals surface area contributed by atoms with Crippen LogP contribution in [0.4, 0.5) is 5.69 Å². The number of anilines is 1. The van der Waals surface area contributed by atoms with Crippen molar-refractivity contribution < 1.29 is 0 Å². The molecule has 2 nitrogen and oxygen atoms in total. The van der Waals surface area contributed by atoms with Crippen LogP contribution >= 0.6 is 11.3 Å². The lowest BCUT2D eigenvalue weighted by atomic mass is 10.0. The topological polar surface area (TPSA) is 16.1 Å². The largest absolute Gasteiger partial charge is 0.365 e. The van der Waals surface area contributed by atoms with E-state index in [1.807, 2.05) is 17.5 Å². The molecule has 3 aromatic rings. The predicted molar refractivity (Wildman–Crippen MR) is 92.8 cm³/mol. The Hall–Kier alpha value is -1.87. The third-order valence-electron chi connectivity index (χ3n) is 4.93. The van der Waals surface area contributed by atoms with Crippen molar-refractivity contribution in [2.24, 2.45) is 0 Å². The number of hydrogen-bond acceptors (Lipinski definition) is 3. The summed E-state index contributed by atoms with van der Waals surface area (Å²) in [6.45, 7) is 2.15. The van der Waals surface area contributed by atoms with Crippen LogP contribution < -0.4 is 4.90 Å². The van der Waals surface area contributed by atoms with Gasteiger partial charge in [0.25, 0.3) is 0 Å². The number of rotatable bonds is 2. The lowest BCUT2D eigenvalue weighted by molar-refractivity contribution is 0.740. The van der Waals surface area contributed by atoms with E-state index < -0.39 is 0 Å². The van der Waals surface area contributed by atoms with Crippen molar-refractivity contribution >= 4 is 27.1 Å². The highest BCUT2D eigenvalue weighted by Crippen LogP contribution is 2.45. The van der Waals surface area contributed by atoms with Gasteiger partial charge in [-0.05, 0) is 53.8 Å². The number of pyridine rings is 1. The molecule has 5 rings (SSSR count). The Labute approximate surface area is 134 Å². The molecule has 1 fully saturated rings. The Kier molecular flexibility index (Phi) is 2.77. The van der Waals surface area contributed by atoms with Crippen LogP contribution in [-0.4, -0.2) is 11.5 Å². The van der Waals surface area contributed by atoms with E-state index in [0.29, 0.717) is 0 Å². The highest BCUT2D eigenvalue weighted by Gasteiger charge is 2.29. The van der Waals surface area contributed by atoms with E-state index in [0.717, 1.165) is 25.4 Å². The Morgan fingerprint density at radius 1 is 1.14 bits per heavy atom. The van der Waals surface area contributed by atoms with Crippen molar-refractivity contribution in [1.29, 1.82) is 0 Å². The molecule has 0 amide bonds. The summed E-state index contributed by atoms with van der Waals surface area (Å²) in [6, 6.07) is 11.1. The molecule has 0 saturated heterocycles. The number of fused-ring (bicyclic) bond motifs is 3. The van der Waals surface area contributed by atoms with Gasteiger partial charge >= 0.3 is 0 Å². The smallest absolute Gasteiger partial charge is 0.0591 e. The lowest BCUT2D eigenvalue weighted by Gasteiger charge is -2.30. The van der Waals surface area contributed by atoms with Gasteiger partial charge in [-0.15, -0.1) is 11.3 Å². The summed E-state index contributed by atoms with van der Waals surface area (Å²) in [6.07, 6.45) is 7.88. The average Bonchev–Trinajstić information content (AvgIpc) is 3.35. The first-order valence-electron chi connectivity index (χ1n) is 8.08. The maximum absolute atomic E-state index is 4.40. The van der Waals surface area contributed by atoms with Crippen LogP contribution in [0, 0.1) is 0 Å². The molecule has 3 heterocycles. The Bertz CT molecular complexity index is 848. The second-order valence-electron chi connectivity index (χ2n) is 6.38. The van der Waals surface area contributed by atoms with Crippen LogP contribution in [0.25, 0.3) is 10.1 Å². The van der Waals surface area contributed by atoms with Crippen LogP contribution in [0.5, 0.6) is 0 Å². The maximum Gasteiger partial charge on any atom is 0.0591 e. The van der Waals surface area contributed by atoms with Crippen molar-refractivity contribution in [3.05, 3.63) is 58.7 Å². The molecule has 1 aliphatic carbocycles. The number of nitrogens with zero attached hydrogens (tertiary/aromatic N) is 2. The van der Waals surface area contributed by atoms with Gasteiger partial charge in [0.15, 0.2) is 0 Å². The van der Waals surface area contributed by atoms with Crippen LogP contribution in [0.15, 0.2) is 42.7 Å². The Balaban J connectivity index is 1.57. The minimum absolute atomic E-state index is 0.776. The summed E-state index contributed by atoms with van der Waals surface area (Å²) < 4.78 is 1.43. The molecule has 1 saturated carbocycles. The number of thiophene rings is 1. The molecule has 0 atom stereocenters. The van der Waals surface area contributed by atoms with E-state index in [4.69, 9.17) is 0 Å². The average molecular weight is 306 g/mol. The zero-order chi connectivity index (χ0) is 14.5. The second kappa shape index (κ2) is 4.82. The molecular weight excluding hydrogens is 288 g/mol. The molecule has 3 heteroatoms. The van der Waals surface area contributed by atoms with E-state index in [-0.39, 0.29) is 0 Å². The normalized spacial score (nSPS) is 17.7. The van der Waals surface area contributed by atoms with Gasteiger partial charge in [-0.25, -0.2) is 0 Å². The van der Waals surface area contributed by atoms with Gasteiger partial charge in [-0.3, -0.25) is 4.98 Å². The zero-order valence-corrected chi connectivity index (χ0v) is 13.3. The minimum atomic E-state index is 0.776. The number of hydrogen-bond donors (Lipinski definition) is 0. The Morgan fingerprint density at radius 2 is 2.05 bits per heavy atom. The van der Waals surface area contributed by atoms with E-state index in [1.54, 1.807) is 4.88 Å². The molecule has 0 unspecified atom stereocenters. The fraction of sp³-hybridized carbons (Fsp3) is 0.316. The van der Waals surface area contributed by atoms with Crippen molar-refractivity contribution in [1.82, 2.24) is 4.98 Å². The minimum Gasteiger partial charge on any atom is -0.365 e.